The van der Waals surface area contributed by atoms with Crippen LogP contribution in [0, 0.1) is 11.3 Å². The van der Waals surface area contributed by atoms with Crippen LogP contribution in [0.2, 0.25) is 5.02 Å². The maximum atomic E-state index is 11.9. The molecular formula is C23H22ClN3O2S. The summed E-state index contributed by atoms with van der Waals surface area (Å²) in [4.78, 5) is 18.1. The maximum Gasteiger partial charge on any atom is 0.232 e. The zero-order chi connectivity index (χ0) is 21.5. The summed E-state index contributed by atoms with van der Waals surface area (Å²) in [5, 5.41) is 10.8. The third-order valence-corrected chi connectivity index (χ3v) is 6.00. The number of fused-ring (bicyclic) bond motifs is 1. The van der Waals surface area contributed by atoms with Crippen LogP contribution in [0.1, 0.15) is 22.9 Å². The number of hydrogen-bond acceptors (Lipinski definition) is 5. The van der Waals surface area contributed by atoms with Crippen molar-refractivity contribution < 1.29 is 9.53 Å². The van der Waals surface area contributed by atoms with E-state index in [1.165, 1.54) is 11.8 Å². The van der Waals surface area contributed by atoms with E-state index in [0.717, 1.165) is 22.2 Å². The lowest BCUT2D eigenvalue weighted by Gasteiger charge is -2.17. The molecule has 1 aromatic heterocycles. The van der Waals surface area contributed by atoms with Gasteiger partial charge in [0.25, 0.3) is 0 Å². The number of halogens is 1. The number of thioether (sulfide) groups is 1. The van der Waals surface area contributed by atoms with Gasteiger partial charge in [-0.3, -0.25) is 4.79 Å². The van der Waals surface area contributed by atoms with E-state index in [1.807, 2.05) is 54.6 Å². The summed E-state index contributed by atoms with van der Waals surface area (Å²) in [6.45, 7) is 0.321. The molecular weight excluding hydrogens is 418 g/mol. The summed E-state index contributed by atoms with van der Waals surface area (Å²) in [5.74, 6) is 1.05. The molecule has 0 saturated carbocycles. The fourth-order valence-corrected chi connectivity index (χ4v) is 4.13. The quantitative estimate of drug-likeness (QED) is 0.480. The summed E-state index contributed by atoms with van der Waals surface area (Å²) in [7, 11) is 3.46. The van der Waals surface area contributed by atoms with Crippen LogP contribution in [0.4, 0.5) is 0 Å². The largest absolute Gasteiger partial charge is 0.487 e. The Morgan fingerprint density at radius 1 is 1.23 bits per heavy atom. The Bertz CT molecular complexity index is 1080. The summed E-state index contributed by atoms with van der Waals surface area (Å²) >= 11 is 7.53. The Morgan fingerprint density at radius 3 is 2.80 bits per heavy atom. The fraction of sp³-hybridized carbons (Fsp3) is 0.261. The Kier molecular flexibility index (Phi) is 7.56. The summed E-state index contributed by atoms with van der Waals surface area (Å²) in [5.41, 5.74) is 2.59. The standard InChI is InChI=1S/C23H22ClN3O2S/c1-27(2)23(28)15-30-22(10-11-25)17-4-3-5-20(12-17)29-14-19-9-7-16-6-8-18(24)13-21(16)26-19/h3-9,12-13,22H,10,14-15H2,1-2H3. The first kappa shape index (κ1) is 21.9. The highest BCUT2D eigenvalue weighted by molar-refractivity contribution is 8.00. The second-order valence-electron chi connectivity index (χ2n) is 6.95. The highest BCUT2D eigenvalue weighted by Crippen LogP contribution is 2.33. The predicted molar refractivity (Wildman–Crippen MR) is 122 cm³/mol. The molecule has 1 heterocycles. The first-order valence-corrected chi connectivity index (χ1v) is 10.9. The molecule has 0 aliphatic carbocycles. The highest BCUT2D eigenvalue weighted by atomic mass is 35.5. The molecule has 0 N–H and O–H groups in total. The number of nitrogens with zero attached hydrogens (tertiary/aromatic N) is 3. The van der Waals surface area contributed by atoms with Crippen molar-refractivity contribution >= 4 is 40.2 Å². The maximum absolute atomic E-state index is 11.9. The van der Waals surface area contributed by atoms with Gasteiger partial charge in [-0.1, -0.05) is 35.9 Å². The molecule has 0 aliphatic rings. The number of carbonyl (C=O) groups excluding carboxylic acids is 1. The van der Waals surface area contributed by atoms with Crippen molar-refractivity contribution in [3.63, 3.8) is 0 Å². The molecule has 0 radical (unpaired) electrons. The second-order valence-corrected chi connectivity index (χ2v) is 8.58. The average Bonchev–Trinajstić information content (AvgIpc) is 2.74. The van der Waals surface area contributed by atoms with Gasteiger partial charge in [-0.15, -0.1) is 11.8 Å². The van der Waals surface area contributed by atoms with E-state index >= 15 is 0 Å². The Labute approximate surface area is 185 Å². The topological polar surface area (TPSA) is 66.2 Å². The molecule has 2 aromatic carbocycles. The average molecular weight is 440 g/mol. The molecule has 1 amide bonds. The Balaban J connectivity index is 1.69. The second kappa shape index (κ2) is 10.3. The van der Waals surface area contributed by atoms with Crippen LogP contribution in [0.3, 0.4) is 0 Å². The van der Waals surface area contributed by atoms with E-state index in [-0.39, 0.29) is 11.2 Å². The van der Waals surface area contributed by atoms with E-state index < -0.39 is 0 Å². The number of carbonyl (C=O) groups is 1. The van der Waals surface area contributed by atoms with E-state index in [9.17, 15) is 10.1 Å². The van der Waals surface area contributed by atoms with E-state index in [0.29, 0.717) is 29.6 Å². The van der Waals surface area contributed by atoms with Crippen molar-refractivity contribution in [1.29, 1.82) is 5.26 Å². The summed E-state index contributed by atoms with van der Waals surface area (Å²) in [6.07, 6.45) is 0.321. The smallest absolute Gasteiger partial charge is 0.232 e. The number of aromatic nitrogens is 1. The number of benzene rings is 2. The number of amides is 1. The van der Waals surface area contributed by atoms with E-state index in [1.54, 1.807) is 19.0 Å². The fourth-order valence-electron chi connectivity index (χ4n) is 2.83. The van der Waals surface area contributed by atoms with Crippen LogP contribution >= 0.6 is 23.4 Å². The van der Waals surface area contributed by atoms with Crippen molar-refractivity contribution in [2.45, 2.75) is 18.3 Å². The molecule has 3 aromatic rings. The van der Waals surface area contributed by atoms with Crippen molar-refractivity contribution in [3.8, 4) is 11.8 Å². The SMILES string of the molecule is CN(C)C(=O)CSC(CC#N)c1cccc(OCc2ccc3ccc(Cl)cc3n2)c1. The normalized spacial score (nSPS) is 11.7. The van der Waals surface area contributed by atoms with Crippen LogP contribution in [-0.2, 0) is 11.4 Å². The minimum atomic E-state index is -0.0941. The lowest BCUT2D eigenvalue weighted by Crippen LogP contribution is -2.23. The molecule has 5 nitrogen and oxygen atoms in total. The predicted octanol–water partition coefficient (Wildman–Crippen LogP) is 5.24. The molecule has 1 atom stereocenters. The molecule has 0 fully saturated rings. The summed E-state index contributed by atoms with van der Waals surface area (Å²) < 4.78 is 5.94. The molecule has 154 valence electrons. The van der Waals surface area contributed by atoms with Gasteiger partial charge in [0.2, 0.25) is 5.91 Å². The third-order valence-electron chi connectivity index (χ3n) is 4.51. The van der Waals surface area contributed by atoms with Gasteiger partial charge >= 0.3 is 0 Å². The monoisotopic (exact) mass is 439 g/mol. The number of pyridine rings is 1. The van der Waals surface area contributed by atoms with Crippen molar-refractivity contribution in [2.24, 2.45) is 0 Å². The minimum absolute atomic E-state index is 0.0258. The lowest BCUT2D eigenvalue weighted by molar-refractivity contribution is -0.125. The van der Waals surface area contributed by atoms with Crippen LogP contribution in [0.5, 0.6) is 5.75 Å². The zero-order valence-electron chi connectivity index (χ0n) is 16.8. The molecule has 0 aliphatic heterocycles. The first-order chi connectivity index (χ1) is 14.5. The van der Waals surface area contributed by atoms with E-state index in [2.05, 4.69) is 11.1 Å². The van der Waals surface area contributed by atoms with Gasteiger partial charge in [-0.25, -0.2) is 4.98 Å². The number of rotatable bonds is 8. The van der Waals surface area contributed by atoms with Gasteiger partial charge in [-0.05, 0) is 35.9 Å². The van der Waals surface area contributed by atoms with Crippen LogP contribution in [0.15, 0.2) is 54.6 Å². The Morgan fingerprint density at radius 2 is 2.03 bits per heavy atom. The Hall–Kier alpha value is -2.75. The van der Waals surface area contributed by atoms with Crippen molar-refractivity contribution in [2.75, 3.05) is 19.8 Å². The van der Waals surface area contributed by atoms with Gasteiger partial charge in [0, 0.05) is 29.8 Å². The molecule has 0 bridgehead atoms. The minimum Gasteiger partial charge on any atom is -0.487 e. The lowest BCUT2D eigenvalue weighted by atomic mass is 10.1. The molecule has 30 heavy (non-hydrogen) atoms. The molecule has 3 rings (SSSR count). The van der Waals surface area contributed by atoms with Crippen LogP contribution < -0.4 is 4.74 Å². The van der Waals surface area contributed by atoms with Gasteiger partial charge < -0.3 is 9.64 Å². The number of nitriles is 1. The first-order valence-electron chi connectivity index (χ1n) is 9.43. The van der Waals surface area contributed by atoms with Gasteiger partial charge in [-0.2, -0.15) is 5.26 Å². The molecule has 0 spiro atoms. The number of ether oxygens (including phenoxy) is 1. The van der Waals surface area contributed by atoms with Crippen molar-refractivity contribution in [3.05, 3.63) is 70.9 Å². The van der Waals surface area contributed by atoms with Gasteiger partial charge in [0.1, 0.15) is 12.4 Å². The summed E-state index contributed by atoms with van der Waals surface area (Å²) in [6, 6.07) is 19.4. The zero-order valence-corrected chi connectivity index (χ0v) is 18.4. The molecule has 1 unspecified atom stereocenters. The van der Waals surface area contributed by atoms with Crippen LogP contribution in [0.25, 0.3) is 10.9 Å². The number of hydrogen-bond donors (Lipinski definition) is 0. The molecule has 7 heteroatoms. The van der Waals surface area contributed by atoms with Gasteiger partial charge in [0.05, 0.1) is 29.5 Å². The van der Waals surface area contributed by atoms with Crippen LogP contribution in [-0.4, -0.2) is 35.6 Å². The highest BCUT2D eigenvalue weighted by Gasteiger charge is 2.16. The van der Waals surface area contributed by atoms with Crippen molar-refractivity contribution in [1.82, 2.24) is 9.88 Å². The van der Waals surface area contributed by atoms with Gasteiger partial charge in [0.15, 0.2) is 0 Å². The van der Waals surface area contributed by atoms with E-state index in [4.69, 9.17) is 16.3 Å². The third kappa shape index (κ3) is 5.88. The molecule has 0 saturated heterocycles.